The van der Waals surface area contributed by atoms with E-state index in [9.17, 15) is 13.2 Å². The quantitative estimate of drug-likeness (QED) is 0.904. The number of aliphatic hydroxyl groups excluding tert-OH is 1. The van der Waals surface area contributed by atoms with Gasteiger partial charge in [-0.05, 0) is 30.2 Å². The van der Waals surface area contributed by atoms with Crippen LogP contribution in [0.1, 0.15) is 6.92 Å². The Bertz CT molecular complexity index is 457. The number of hydrogen-bond donors (Lipinski definition) is 1. The number of anilines is 1. The minimum Gasteiger partial charge on any atom is -0.406 e. The average molecular weight is 318 g/mol. The molecule has 1 fully saturated rings. The molecule has 1 N–H and O–H groups in total. The van der Waals surface area contributed by atoms with E-state index < -0.39 is 6.36 Å². The number of benzene rings is 1. The number of halogens is 3. The summed E-state index contributed by atoms with van der Waals surface area (Å²) in [7, 11) is 0. The minimum absolute atomic E-state index is 0.181. The SMILES string of the molecule is CC(CO)CN1CCN(c2ccc(OC(F)(F)F)cc2)CC1. The second-order valence-electron chi connectivity index (χ2n) is 5.62. The highest BCUT2D eigenvalue weighted by atomic mass is 19.4. The van der Waals surface area contributed by atoms with Gasteiger partial charge in [0.25, 0.3) is 0 Å². The highest BCUT2D eigenvalue weighted by Crippen LogP contribution is 2.25. The van der Waals surface area contributed by atoms with E-state index in [0.29, 0.717) is 0 Å². The van der Waals surface area contributed by atoms with Crippen molar-refractivity contribution in [1.29, 1.82) is 0 Å². The van der Waals surface area contributed by atoms with Gasteiger partial charge in [0.15, 0.2) is 0 Å². The number of alkyl halides is 3. The third-order valence-corrected chi connectivity index (χ3v) is 3.69. The van der Waals surface area contributed by atoms with E-state index in [1.165, 1.54) is 12.1 Å². The molecule has 1 aliphatic rings. The van der Waals surface area contributed by atoms with Crippen LogP contribution in [0.3, 0.4) is 0 Å². The number of ether oxygens (including phenoxy) is 1. The molecule has 1 aliphatic heterocycles. The number of piperazine rings is 1. The third kappa shape index (κ3) is 5.06. The van der Waals surface area contributed by atoms with Crippen molar-refractivity contribution in [3.8, 4) is 5.75 Å². The van der Waals surface area contributed by atoms with Gasteiger partial charge in [0.1, 0.15) is 5.75 Å². The Morgan fingerprint density at radius 1 is 1.14 bits per heavy atom. The smallest absolute Gasteiger partial charge is 0.406 e. The lowest BCUT2D eigenvalue weighted by molar-refractivity contribution is -0.274. The highest BCUT2D eigenvalue weighted by molar-refractivity contribution is 5.49. The standard InChI is InChI=1S/C15H21F3N2O2/c1-12(11-21)10-19-6-8-20(9-7-19)13-2-4-14(5-3-13)22-15(16,17)18/h2-5,12,21H,6-11H2,1H3. The molecule has 0 saturated carbocycles. The predicted octanol–water partition coefficient (Wildman–Crippen LogP) is 2.34. The van der Waals surface area contributed by atoms with Gasteiger partial charge >= 0.3 is 6.36 Å². The molecule has 2 rings (SSSR count). The zero-order valence-electron chi connectivity index (χ0n) is 12.5. The van der Waals surface area contributed by atoms with E-state index in [2.05, 4.69) is 14.5 Å². The summed E-state index contributed by atoms with van der Waals surface area (Å²) in [6, 6.07) is 5.96. The molecule has 0 aliphatic carbocycles. The van der Waals surface area contributed by atoms with Gasteiger partial charge in [-0.2, -0.15) is 0 Å². The topological polar surface area (TPSA) is 35.9 Å². The van der Waals surface area contributed by atoms with Crippen LogP contribution < -0.4 is 9.64 Å². The second kappa shape index (κ2) is 7.19. The summed E-state index contributed by atoms with van der Waals surface area (Å²) in [6.45, 7) is 6.45. The fourth-order valence-electron chi connectivity index (χ4n) is 2.55. The summed E-state index contributed by atoms with van der Waals surface area (Å²) < 4.78 is 40.2. The Morgan fingerprint density at radius 2 is 1.73 bits per heavy atom. The molecule has 0 amide bonds. The van der Waals surface area contributed by atoms with Crippen molar-refractivity contribution in [3.05, 3.63) is 24.3 Å². The molecule has 0 spiro atoms. The molecule has 0 radical (unpaired) electrons. The lowest BCUT2D eigenvalue weighted by Gasteiger charge is -2.37. The van der Waals surface area contributed by atoms with Crippen LogP contribution in [0.5, 0.6) is 5.75 Å². The van der Waals surface area contributed by atoms with Gasteiger partial charge in [-0.1, -0.05) is 6.92 Å². The Labute approximate surface area is 128 Å². The first-order chi connectivity index (χ1) is 10.4. The van der Waals surface area contributed by atoms with E-state index in [-0.39, 0.29) is 18.3 Å². The van der Waals surface area contributed by atoms with Crippen LogP contribution in [0, 0.1) is 5.92 Å². The van der Waals surface area contributed by atoms with Gasteiger partial charge in [0, 0.05) is 45.0 Å². The minimum atomic E-state index is -4.66. The molecule has 4 nitrogen and oxygen atoms in total. The summed E-state index contributed by atoms with van der Waals surface area (Å²) >= 11 is 0. The summed E-state index contributed by atoms with van der Waals surface area (Å²) in [5.41, 5.74) is 0.893. The maximum absolute atomic E-state index is 12.1. The van der Waals surface area contributed by atoms with Gasteiger partial charge in [0.05, 0.1) is 0 Å². The second-order valence-corrected chi connectivity index (χ2v) is 5.62. The first-order valence-corrected chi connectivity index (χ1v) is 7.31. The molecule has 0 aromatic heterocycles. The molecule has 1 unspecified atom stereocenters. The fraction of sp³-hybridized carbons (Fsp3) is 0.600. The van der Waals surface area contributed by atoms with Gasteiger partial charge in [-0.25, -0.2) is 0 Å². The van der Waals surface area contributed by atoms with Crippen molar-refractivity contribution in [2.75, 3.05) is 44.2 Å². The maximum atomic E-state index is 12.1. The summed E-state index contributed by atoms with van der Waals surface area (Å²) in [5.74, 6) is 0.0528. The summed E-state index contributed by atoms with van der Waals surface area (Å²) in [6.07, 6.45) is -4.66. The Morgan fingerprint density at radius 3 is 2.23 bits per heavy atom. The van der Waals surface area contributed by atoms with E-state index >= 15 is 0 Å². The van der Waals surface area contributed by atoms with Crippen molar-refractivity contribution in [2.24, 2.45) is 5.92 Å². The zero-order chi connectivity index (χ0) is 16.2. The van der Waals surface area contributed by atoms with Crippen molar-refractivity contribution >= 4 is 5.69 Å². The Balaban J connectivity index is 1.86. The molecule has 7 heteroatoms. The molecule has 1 aromatic carbocycles. The van der Waals surface area contributed by atoms with E-state index in [4.69, 9.17) is 5.11 Å². The lowest BCUT2D eigenvalue weighted by Crippen LogP contribution is -2.47. The fourth-order valence-corrected chi connectivity index (χ4v) is 2.55. The van der Waals surface area contributed by atoms with Gasteiger partial charge in [0.2, 0.25) is 0 Å². The third-order valence-electron chi connectivity index (χ3n) is 3.69. The largest absolute Gasteiger partial charge is 0.573 e. The molecular formula is C15H21F3N2O2. The van der Waals surface area contributed by atoms with Crippen molar-refractivity contribution in [1.82, 2.24) is 4.90 Å². The van der Waals surface area contributed by atoms with Crippen molar-refractivity contribution in [3.63, 3.8) is 0 Å². The van der Waals surface area contributed by atoms with Crippen LogP contribution in [0.4, 0.5) is 18.9 Å². The molecule has 1 aromatic rings. The highest BCUT2D eigenvalue weighted by Gasteiger charge is 2.31. The van der Waals surface area contributed by atoms with Crippen LogP contribution in [0.15, 0.2) is 24.3 Å². The Hall–Kier alpha value is -1.47. The van der Waals surface area contributed by atoms with Gasteiger partial charge in [-0.3, -0.25) is 4.90 Å². The Kier molecular flexibility index (Phi) is 5.52. The zero-order valence-corrected chi connectivity index (χ0v) is 12.5. The number of rotatable bonds is 5. The van der Waals surface area contributed by atoms with Crippen molar-refractivity contribution in [2.45, 2.75) is 13.3 Å². The van der Waals surface area contributed by atoms with Crippen LogP contribution >= 0.6 is 0 Å². The molecule has 22 heavy (non-hydrogen) atoms. The van der Waals surface area contributed by atoms with Gasteiger partial charge < -0.3 is 14.7 Å². The first kappa shape index (κ1) is 16.9. The lowest BCUT2D eigenvalue weighted by atomic mass is 10.1. The molecule has 1 heterocycles. The monoisotopic (exact) mass is 318 g/mol. The van der Waals surface area contributed by atoms with E-state index in [1.54, 1.807) is 12.1 Å². The number of nitrogens with zero attached hydrogens (tertiary/aromatic N) is 2. The van der Waals surface area contributed by atoms with E-state index in [1.807, 2.05) is 6.92 Å². The number of aliphatic hydroxyl groups is 1. The van der Waals surface area contributed by atoms with Crippen LogP contribution in [0.25, 0.3) is 0 Å². The average Bonchev–Trinajstić information content (AvgIpc) is 2.47. The van der Waals surface area contributed by atoms with E-state index in [0.717, 1.165) is 38.4 Å². The number of hydrogen-bond acceptors (Lipinski definition) is 4. The van der Waals surface area contributed by atoms with Crippen LogP contribution in [-0.4, -0.2) is 55.7 Å². The molecule has 124 valence electrons. The first-order valence-electron chi connectivity index (χ1n) is 7.31. The summed E-state index contributed by atoms with van der Waals surface area (Å²) in [5, 5.41) is 9.07. The molecule has 1 saturated heterocycles. The molecule has 0 bridgehead atoms. The molecular weight excluding hydrogens is 297 g/mol. The summed E-state index contributed by atoms with van der Waals surface area (Å²) in [4.78, 5) is 4.43. The van der Waals surface area contributed by atoms with Gasteiger partial charge in [-0.15, -0.1) is 13.2 Å². The van der Waals surface area contributed by atoms with Crippen LogP contribution in [-0.2, 0) is 0 Å². The molecule has 1 atom stereocenters. The normalized spacial score (nSPS) is 18.3. The van der Waals surface area contributed by atoms with Crippen LogP contribution in [0.2, 0.25) is 0 Å². The maximum Gasteiger partial charge on any atom is 0.573 e. The van der Waals surface area contributed by atoms with Crippen molar-refractivity contribution < 1.29 is 23.0 Å². The predicted molar refractivity (Wildman–Crippen MR) is 78.0 cm³/mol.